The van der Waals surface area contributed by atoms with Gasteiger partial charge in [0, 0.05) is 71.7 Å². The molecule has 0 saturated carbocycles. The summed E-state index contributed by atoms with van der Waals surface area (Å²) in [6.07, 6.45) is 1.41. The molecule has 1 aliphatic heterocycles. The molecule has 0 aliphatic carbocycles. The number of pyridine rings is 2. The zero-order valence-corrected chi connectivity index (χ0v) is 75.3. The molecule has 0 bridgehead atoms. The minimum atomic E-state index is -1.72. The number of ether oxygens (including phenoxy) is 4. The van der Waals surface area contributed by atoms with Crippen LogP contribution in [0.5, 0.6) is 0 Å². The summed E-state index contributed by atoms with van der Waals surface area (Å²) >= 11 is -1.72. The topological polar surface area (TPSA) is 325 Å². The Morgan fingerprint density at radius 1 is 0.398 bits per heavy atom. The minimum Gasteiger partial charge on any atom is -0.870 e. The van der Waals surface area contributed by atoms with E-state index in [1.165, 1.54) is 66.7 Å². The molecule has 3 N–H and O–H groups in total. The number of carboxylic acids is 2. The number of hydrogen-bond acceptors (Lipinski definition) is 17. The quantitative estimate of drug-likeness (QED) is 0.0336. The molecule has 1 amide bonds. The van der Waals surface area contributed by atoms with E-state index in [0.29, 0.717) is 56.0 Å². The Kier molecular flexibility index (Phi) is 41.2. The van der Waals surface area contributed by atoms with Gasteiger partial charge in [0.05, 0.1) is 43.6 Å². The molecular formula is C96H96AlCl3LiN3O19. The summed E-state index contributed by atoms with van der Waals surface area (Å²) in [5, 5.41) is 21.3. The molecule has 13 rings (SSSR count). The molecule has 10 aromatic carbocycles. The normalized spacial score (nSPS) is 10.4. The van der Waals surface area contributed by atoms with Gasteiger partial charge in [-0.05, 0) is 156 Å². The van der Waals surface area contributed by atoms with Crippen molar-refractivity contribution in [3.05, 3.63) is 351 Å². The van der Waals surface area contributed by atoms with Gasteiger partial charge < -0.3 is 48.7 Å². The average Bonchev–Trinajstić information content (AvgIpc) is 1.58. The predicted molar refractivity (Wildman–Crippen MR) is 478 cm³/mol. The third kappa shape index (κ3) is 28.0. The van der Waals surface area contributed by atoms with E-state index in [9.17, 15) is 62.6 Å². The number of nitrogens with zero attached hydrogens (tertiary/aromatic N) is 3. The van der Waals surface area contributed by atoms with Crippen LogP contribution in [0.4, 0.5) is 0 Å². The van der Waals surface area contributed by atoms with Gasteiger partial charge in [0.2, 0.25) is 0 Å². The van der Waals surface area contributed by atoms with Crippen LogP contribution in [0.3, 0.4) is 0 Å². The third-order valence-electron chi connectivity index (χ3n) is 18.9. The molecule has 3 heterocycles. The van der Waals surface area contributed by atoms with E-state index in [0.717, 1.165) is 73.0 Å². The summed E-state index contributed by atoms with van der Waals surface area (Å²) < 4.78 is 20.8. The molecule has 634 valence electrons. The van der Waals surface area contributed by atoms with Crippen LogP contribution >= 0.6 is 30.1 Å². The molecule has 27 heteroatoms. The number of esters is 5. The monoisotopic (exact) mass is 1730 g/mol. The van der Waals surface area contributed by atoms with Crippen molar-refractivity contribution in [1.82, 2.24) is 14.0 Å². The van der Waals surface area contributed by atoms with E-state index in [1.807, 2.05) is 141 Å². The number of ketones is 2. The second-order valence-corrected chi connectivity index (χ2v) is 34.5. The first-order chi connectivity index (χ1) is 57.3. The molecule has 0 radical (unpaired) electrons. The number of aromatic nitrogens is 2. The average molecular weight is 1740 g/mol. The van der Waals surface area contributed by atoms with Crippen LogP contribution in [-0.2, 0) is 42.6 Å². The van der Waals surface area contributed by atoms with Gasteiger partial charge in [-0.25, -0.2) is 54.1 Å². The molecular weight excluding hydrogens is 1640 g/mol. The van der Waals surface area contributed by atoms with Crippen molar-refractivity contribution in [2.45, 2.75) is 89.0 Å². The fraction of sp³-hybridized carbons (Fsp3) is 0.208. The van der Waals surface area contributed by atoms with Gasteiger partial charge in [-0.3, -0.25) is 33.6 Å². The van der Waals surface area contributed by atoms with Crippen molar-refractivity contribution in [1.29, 1.82) is 0 Å². The molecule has 1 aliphatic rings. The van der Waals surface area contributed by atoms with Gasteiger partial charge in [-0.1, -0.05) is 222 Å². The second-order valence-electron chi connectivity index (χ2n) is 28.1. The summed E-state index contributed by atoms with van der Waals surface area (Å²) in [6.45, 7) is 21.6. The van der Waals surface area contributed by atoms with E-state index in [-0.39, 0.29) is 87.6 Å². The second kappa shape index (κ2) is 49.1. The van der Waals surface area contributed by atoms with Crippen LogP contribution in [0.15, 0.2) is 228 Å². The Morgan fingerprint density at radius 3 is 1.09 bits per heavy atom. The third-order valence-corrected chi connectivity index (χ3v) is 18.9. The van der Waals surface area contributed by atoms with Gasteiger partial charge in [-0.2, -0.15) is 0 Å². The fourth-order valence-electron chi connectivity index (χ4n) is 13.1. The summed E-state index contributed by atoms with van der Waals surface area (Å²) in [5.74, 6) is -5.33. The van der Waals surface area contributed by atoms with E-state index in [1.54, 1.807) is 110 Å². The maximum atomic E-state index is 12.9. The molecule has 123 heavy (non-hydrogen) atoms. The van der Waals surface area contributed by atoms with Gasteiger partial charge in [0.25, 0.3) is 17.0 Å². The molecule has 0 spiro atoms. The minimum absolute atomic E-state index is 0. The summed E-state index contributed by atoms with van der Waals surface area (Å²) in [7, 11) is 23.4. The smallest absolute Gasteiger partial charge is 0.870 e. The number of likely N-dealkylation sites (N-methyl/N-ethyl adjacent to an activating group) is 1. The number of benzene rings is 10. The SMILES string of the molecule is CCCC(=O)OC.COC(=O)CN(C)C(=O)c1ccccc1C(=O)c1ccc(C)cc1C.COC(=O)c1c(-c2ccc(C)cc2C)c2ccccc2c(=O)n1C.Cc1ccc(-c2c(C(=O)O)n(C)c(=O)c3ccccc23)c(C)c1.Cc1ccc(C(=O)c2ccccc2C(=O)O)c(C)c1.Cc1cccc(C)c1.O=C1OC(=O)c2ccccc21.[Cl][Al]([Cl])[Cl].[Li+].[OH-]. The van der Waals surface area contributed by atoms with E-state index >= 15 is 0 Å². The Balaban J connectivity index is 0.000000308. The first-order valence-corrected chi connectivity index (χ1v) is 43.1. The largest absolute Gasteiger partial charge is 1.00 e. The van der Waals surface area contributed by atoms with Crippen molar-refractivity contribution in [2.24, 2.45) is 14.1 Å². The maximum Gasteiger partial charge on any atom is 1.00 e. The van der Waals surface area contributed by atoms with E-state index in [4.69, 9.17) is 40.0 Å². The number of cyclic esters (lactones) is 2. The first-order valence-electron chi connectivity index (χ1n) is 37.9. The van der Waals surface area contributed by atoms with E-state index < -0.39 is 53.1 Å². The number of aryl methyl sites for hydroxylation is 10. The fourth-order valence-corrected chi connectivity index (χ4v) is 13.1. The van der Waals surface area contributed by atoms with Crippen molar-refractivity contribution in [2.75, 3.05) is 34.9 Å². The van der Waals surface area contributed by atoms with Crippen molar-refractivity contribution < 1.29 is 101 Å². The van der Waals surface area contributed by atoms with Crippen molar-refractivity contribution >= 4 is 122 Å². The predicted octanol–water partition coefficient (Wildman–Crippen LogP) is 15.9. The van der Waals surface area contributed by atoms with Crippen LogP contribution in [0.25, 0.3) is 43.8 Å². The van der Waals surface area contributed by atoms with Crippen molar-refractivity contribution in [3.63, 3.8) is 0 Å². The number of amides is 1. The van der Waals surface area contributed by atoms with Crippen LogP contribution in [0, 0.1) is 69.2 Å². The zero-order chi connectivity index (χ0) is 89.8. The van der Waals surface area contributed by atoms with Crippen LogP contribution in [-0.4, -0.2) is 135 Å². The van der Waals surface area contributed by atoms with Crippen LogP contribution in [0.1, 0.15) is 170 Å². The Labute approximate surface area is 743 Å². The molecule has 0 fully saturated rings. The molecule has 2 aromatic heterocycles. The van der Waals surface area contributed by atoms with Crippen LogP contribution in [0.2, 0.25) is 0 Å². The Morgan fingerprint density at radius 2 is 0.740 bits per heavy atom. The number of carboxylic acid groups (broad SMARTS) is 2. The number of fused-ring (bicyclic) bond motifs is 3. The van der Waals surface area contributed by atoms with Gasteiger partial charge >= 0.3 is 72.0 Å². The standard InChI is InChI=1S/C20H21NO4.C20H19NO3.C19H17NO3.C16H14O3.C8H4O3.C8H10.C5H10O2.Al.3ClH.Li.H2O/c1-13-9-10-15(14(2)11-13)19(23)16-7-5-6-8-17(16)20(24)21(3)12-18(22)25-4;1-12-9-10-14(13(2)11-12)17-15-7-5-6-8-16(15)19(22)21(3)18(17)20(23)24-4;1-11-8-9-13(12(2)10-11)16-14-6-4-5-7-15(14)18(21)20(3)17(16)19(22)23;1-10-7-8-12(11(2)9-10)15(17)13-5-3-4-6-14(13)16(18)19;9-7-5-3-1-2-4-6(5)8(10)11-7;1-7-4-3-5-8(2)6-7;1-3-4-5(6)7-2;;;;;;/h5-11H,12H2,1-4H3;5-11H,1-4H3;4-10H,1-3H3,(H,22,23);3-9H,1-2H3,(H,18,19);1-4H;3-6H,1-2H3;3-4H2,1-2H3;;3*1H;;1H2/q;;;;;;;+3;;;;+1;/p-4. The van der Waals surface area contributed by atoms with Gasteiger partial charge in [0.15, 0.2) is 11.6 Å². The molecule has 0 unspecified atom stereocenters. The number of rotatable bonds is 14. The number of hydrogen-bond donors (Lipinski definition) is 2. The maximum absolute atomic E-state index is 12.9. The Bertz CT molecular complexity index is 5970. The van der Waals surface area contributed by atoms with Gasteiger partial charge in [0.1, 0.15) is 17.9 Å². The number of aromatic carboxylic acids is 2. The summed E-state index contributed by atoms with van der Waals surface area (Å²) in [5.41, 5.74) is 16.3. The summed E-state index contributed by atoms with van der Waals surface area (Å²) in [6, 6.07) is 65.4. The number of carbonyl (C=O) groups excluding carboxylic acids is 8. The Hall–Kier alpha value is -12.1. The number of methoxy groups -OCH3 is 3. The molecule has 22 nitrogen and oxygen atoms in total. The van der Waals surface area contributed by atoms with Gasteiger partial charge in [-0.15, -0.1) is 0 Å². The number of carbonyl (C=O) groups is 10. The zero-order valence-electron chi connectivity index (χ0n) is 71.8. The molecule has 12 aromatic rings. The van der Waals surface area contributed by atoms with Crippen LogP contribution < -0.4 is 30.0 Å². The molecule has 0 saturated heterocycles. The molecule has 0 atom stereocenters. The van der Waals surface area contributed by atoms with E-state index in [2.05, 4.69) is 58.4 Å². The number of halogens is 3. The first kappa shape index (κ1) is 103. The van der Waals surface area contributed by atoms with Crippen molar-refractivity contribution in [3.8, 4) is 22.3 Å². The summed E-state index contributed by atoms with van der Waals surface area (Å²) in [4.78, 5) is 143.